The zero-order chi connectivity index (χ0) is 11.4. The summed E-state index contributed by atoms with van der Waals surface area (Å²) in [4.78, 5) is 0. The summed E-state index contributed by atoms with van der Waals surface area (Å²) in [5.41, 5.74) is 1.14. The smallest absolute Gasteiger partial charge is 0.387 e. The van der Waals surface area contributed by atoms with Crippen molar-refractivity contribution in [1.29, 1.82) is 0 Å². The third kappa shape index (κ3) is 2.92. The van der Waals surface area contributed by atoms with Crippen molar-refractivity contribution in [3.8, 4) is 5.75 Å². The molecule has 2 rings (SSSR count). The van der Waals surface area contributed by atoms with Crippen LogP contribution < -0.4 is 10.1 Å². The second-order valence-electron chi connectivity index (χ2n) is 3.95. The Morgan fingerprint density at radius 2 is 1.94 bits per heavy atom. The molecule has 16 heavy (non-hydrogen) atoms. The summed E-state index contributed by atoms with van der Waals surface area (Å²) in [6, 6.07) is 7.24. The van der Waals surface area contributed by atoms with Crippen LogP contribution in [0.1, 0.15) is 30.9 Å². The number of ether oxygens (including phenoxy) is 1. The quantitative estimate of drug-likeness (QED) is 0.856. The Labute approximate surface area is 93.6 Å². The van der Waals surface area contributed by atoms with Crippen molar-refractivity contribution in [2.75, 3.05) is 6.54 Å². The zero-order valence-electron chi connectivity index (χ0n) is 8.96. The van der Waals surface area contributed by atoms with Crippen molar-refractivity contribution in [3.05, 3.63) is 29.8 Å². The summed E-state index contributed by atoms with van der Waals surface area (Å²) >= 11 is 0. The number of hydrogen-bond donors (Lipinski definition) is 1. The Morgan fingerprint density at radius 3 is 2.50 bits per heavy atom. The largest absolute Gasteiger partial charge is 0.435 e. The normalized spacial score (nSPS) is 21.1. The van der Waals surface area contributed by atoms with Crippen LogP contribution in [0.15, 0.2) is 24.3 Å². The second kappa shape index (κ2) is 5.25. The van der Waals surface area contributed by atoms with Crippen LogP contribution in [0.2, 0.25) is 0 Å². The summed E-state index contributed by atoms with van der Waals surface area (Å²) in [6.45, 7) is -1.72. The third-order valence-electron chi connectivity index (χ3n) is 2.82. The molecule has 0 bridgehead atoms. The van der Waals surface area contributed by atoms with Crippen molar-refractivity contribution in [3.63, 3.8) is 0 Å². The van der Waals surface area contributed by atoms with E-state index in [0.29, 0.717) is 6.04 Å². The Bertz CT molecular complexity index is 320. The molecule has 2 nitrogen and oxygen atoms in total. The molecule has 0 amide bonds. The topological polar surface area (TPSA) is 21.3 Å². The maximum absolute atomic E-state index is 11.9. The molecule has 1 N–H and O–H groups in total. The van der Waals surface area contributed by atoms with Gasteiger partial charge in [-0.2, -0.15) is 8.78 Å². The molecule has 0 spiro atoms. The average molecular weight is 227 g/mol. The SMILES string of the molecule is FC(F)Oc1ccc([C@H]2CCCCN2)cc1. The van der Waals surface area contributed by atoms with Crippen LogP contribution in [0, 0.1) is 0 Å². The highest BCUT2D eigenvalue weighted by Gasteiger charge is 2.14. The van der Waals surface area contributed by atoms with Gasteiger partial charge >= 0.3 is 6.61 Å². The van der Waals surface area contributed by atoms with Crippen LogP contribution in [0.4, 0.5) is 8.78 Å². The van der Waals surface area contributed by atoms with Crippen LogP contribution in [-0.2, 0) is 0 Å². The number of benzene rings is 1. The lowest BCUT2D eigenvalue weighted by molar-refractivity contribution is -0.0498. The molecule has 1 aromatic rings. The lowest BCUT2D eigenvalue weighted by Gasteiger charge is -2.23. The fraction of sp³-hybridized carbons (Fsp3) is 0.500. The molecule has 0 aliphatic carbocycles. The summed E-state index contributed by atoms with van der Waals surface area (Å²) in [5, 5.41) is 3.41. The number of rotatable bonds is 3. The van der Waals surface area contributed by atoms with E-state index in [2.05, 4.69) is 10.1 Å². The molecule has 0 radical (unpaired) electrons. The van der Waals surface area contributed by atoms with Gasteiger partial charge in [-0.3, -0.25) is 0 Å². The number of hydrogen-bond acceptors (Lipinski definition) is 2. The van der Waals surface area contributed by atoms with E-state index in [1.165, 1.54) is 12.8 Å². The second-order valence-corrected chi connectivity index (χ2v) is 3.95. The fourth-order valence-electron chi connectivity index (χ4n) is 2.02. The lowest BCUT2D eigenvalue weighted by atomic mass is 9.98. The van der Waals surface area contributed by atoms with Gasteiger partial charge in [0, 0.05) is 6.04 Å². The molecule has 1 atom stereocenters. The Kier molecular flexibility index (Phi) is 3.72. The first kappa shape index (κ1) is 11.3. The minimum atomic E-state index is -2.75. The van der Waals surface area contributed by atoms with Gasteiger partial charge < -0.3 is 10.1 Å². The van der Waals surface area contributed by atoms with Crippen LogP contribution in [0.25, 0.3) is 0 Å². The highest BCUT2D eigenvalue weighted by molar-refractivity contribution is 5.29. The molecule has 1 fully saturated rings. The van der Waals surface area contributed by atoms with Crippen molar-refractivity contribution in [2.45, 2.75) is 31.9 Å². The van der Waals surface area contributed by atoms with Gasteiger partial charge in [0.05, 0.1) is 0 Å². The van der Waals surface area contributed by atoms with Gasteiger partial charge in [-0.1, -0.05) is 18.6 Å². The van der Waals surface area contributed by atoms with E-state index >= 15 is 0 Å². The van der Waals surface area contributed by atoms with Gasteiger partial charge in [0.25, 0.3) is 0 Å². The number of nitrogens with one attached hydrogen (secondary N) is 1. The van der Waals surface area contributed by atoms with Gasteiger partial charge in [0.2, 0.25) is 0 Å². The minimum Gasteiger partial charge on any atom is -0.435 e. The summed E-state index contributed by atoms with van der Waals surface area (Å²) < 4.78 is 28.2. The molecule has 1 aromatic carbocycles. The Morgan fingerprint density at radius 1 is 1.19 bits per heavy atom. The van der Waals surface area contributed by atoms with E-state index in [0.717, 1.165) is 18.5 Å². The molecular weight excluding hydrogens is 212 g/mol. The molecule has 1 aliphatic rings. The molecule has 88 valence electrons. The molecule has 4 heteroatoms. The molecular formula is C12H15F2NO. The molecule has 0 unspecified atom stereocenters. The standard InChI is InChI=1S/C12H15F2NO/c13-12(14)16-10-6-4-9(5-7-10)11-3-1-2-8-15-11/h4-7,11-12,15H,1-3,8H2/t11-/m1/s1. The van der Waals surface area contributed by atoms with Crippen LogP contribution in [0.3, 0.4) is 0 Å². The van der Waals surface area contributed by atoms with E-state index in [9.17, 15) is 8.78 Å². The van der Waals surface area contributed by atoms with Gasteiger partial charge in [0.1, 0.15) is 5.75 Å². The van der Waals surface area contributed by atoms with E-state index in [1.807, 2.05) is 12.1 Å². The average Bonchev–Trinajstić information content (AvgIpc) is 2.30. The fourth-order valence-corrected chi connectivity index (χ4v) is 2.02. The number of halogens is 2. The van der Waals surface area contributed by atoms with Gasteiger partial charge in [-0.15, -0.1) is 0 Å². The number of piperidine rings is 1. The maximum Gasteiger partial charge on any atom is 0.387 e. The molecule has 0 saturated carbocycles. The lowest BCUT2D eigenvalue weighted by Crippen LogP contribution is -2.26. The van der Waals surface area contributed by atoms with Crippen LogP contribution in [-0.4, -0.2) is 13.2 Å². The van der Waals surface area contributed by atoms with Crippen LogP contribution in [0.5, 0.6) is 5.75 Å². The van der Waals surface area contributed by atoms with Crippen molar-refractivity contribution in [2.24, 2.45) is 0 Å². The first-order valence-corrected chi connectivity index (χ1v) is 5.54. The zero-order valence-corrected chi connectivity index (χ0v) is 8.96. The van der Waals surface area contributed by atoms with E-state index in [4.69, 9.17) is 0 Å². The van der Waals surface area contributed by atoms with Crippen molar-refractivity contribution < 1.29 is 13.5 Å². The van der Waals surface area contributed by atoms with Gasteiger partial charge in [0.15, 0.2) is 0 Å². The van der Waals surface area contributed by atoms with E-state index in [-0.39, 0.29) is 5.75 Å². The molecule has 1 saturated heterocycles. The Balaban J connectivity index is 2.00. The monoisotopic (exact) mass is 227 g/mol. The summed E-state index contributed by atoms with van der Waals surface area (Å²) in [5.74, 6) is 0.217. The van der Waals surface area contributed by atoms with Crippen LogP contribution >= 0.6 is 0 Å². The predicted octanol–water partition coefficient (Wildman–Crippen LogP) is 3.10. The maximum atomic E-state index is 11.9. The molecule has 1 aliphatic heterocycles. The summed E-state index contributed by atoms with van der Waals surface area (Å²) in [7, 11) is 0. The minimum absolute atomic E-state index is 0.217. The Hall–Kier alpha value is -1.16. The summed E-state index contributed by atoms with van der Waals surface area (Å²) in [6.07, 6.45) is 3.53. The van der Waals surface area contributed by atoms with E-state index < -0.39 is 6.61 Å². The first-order valence-electron chi connectivity index (χ1n) is 5.54. The predicted molar refractivity (Wildman–Crippen MR) is 57.7 cm³/mol. The highest BCUT2D eigenvalue weighted by Crippen LogP contribution is 2.25. The third-order valence-corrected chi connectivity index (χ3v) is 2.82. The van der Waals surface area contributed by atoms with E-state index in [1.54, 1.807) is 12.1 Å². The first-order chi connectivity index (χ1) is 7.75. The molecule has 0 aromatic heterocycles. The number of alkyl halides is 2. The highest BCUT2D eigenvalue weighted by atomic mass is 19.3. The van der Waals surface area contributed by atoms with Crippen molar-refractivity contribution >= 4 is 0 Å². The van der Waals surface area contributed by atoms with Crippen molar-refractivity contribution in [1.82, 2.24) is 5.32 Å². The van der Waals surface area contributed by atoms with Gasteiger partial charge in [-0.25, -0.2) is 0 Å². The molecule has 1 heterocycles. The van der Waals surface area contributed by atoms with Gasteiger partial charge in [-0.05, 0) is 37.1 Å².